The summed E-state index contributed by atoms with van der Waals surface area (Å²) in [5.41, 5.74) is 1.25. The van der Waals surface area contributed by atoms with Gasteiger partial charge in [-0.15, -0.1) is 11.3 Å². The van der Waals surface area contributed by atoms with E-state index < -0.39 is 5.97 Å². The Kier molecular flexibility index (Phi) is 8.16. The van der Waals surface area contributed by atoms with E-state index in [1.807, 2.05) is 13.8 Å². The second-order valence-electron chi connectivity index (χ2n) is 6.52. The van der Waals surface area contributed by atoms with E-state index in [1.54, 1.807) is 32.0 Å². The van der Waals surface area contributed by atoms with Gasteiger partial charge in [-0.3, -0.25) is 4.79 Å². The van der Waals surface area contributed by atoms with Crippen LogP contribution in [0.1, 0.15) is 47.5 Å². The molecule has 2 aromatic rings. The quantitative estimate of drug-likeness (QED) is 0.399. The highest BCUT2D eigenvalue weighted by molar-refractivity contribution is 7.16. The largest absolute Gasteiger partial charge is 0.492 e. The van der Waals surface area contributed by atoms with Gasteiger partial charge in [-0.2, -0.15) is 0 Å². The van der Waals surface area contributed by atoms with E-state index in [-0.39, 0.29) is 18.4 Å². The molecule has 8 heteroatoms. The SMILES string of the molecule is Cc1sc(NC(=O)CCCOc2ccc(Cl)cc2Cl)c(C(=O)OC(C)C)c1C. The molecule has 152 valence electrons. The van der Waals surface area contributed by atoms with Crippen LogP contribution in [-0.4, -0.2) is 24.6 Å². The Morgan fingerprint density at radius 1 is 1.21 bits per heavy atom. The van der Waals surface area contributed by atoms with Crippen LogP contribution in [0.5, 0.6) is 5.75 Å². The molecule has 1 N–H and O–H groups in total. The Labute approximate surface area is 178 Å². The van der Waals surface area contributed by atoms with Gasteiger partial charge in [0.05, 0.1) is 23.3 Å². The predicted octanol–water partition coefficient (Wildman–Crippen LogP) is 6.03. The fraction of sp³-hybridized carbons (Fsp3) is 0.400. The maximum atomic E-state index is 12.4. The summed E-state index contributed by atoms with van der Waals surface area (Å²) in [6.45, 7) is 7.67. The number of rotatable bonds is 8. The van der Waals surface area contributed by atoms with E-state index in [4.69, 9.17) is 32.7 Å². The van der Waals surface area contributed by atoms with Gasteiger partial charge in [-0.05, 0) is 57.9 Å². The van der Waals surface area contributed by atoms with Crippen molar-refractivity contribution in [2.45, 2.75) is 46.6 Å². The first-order valence-corrected chi connectivity index (χ1v) is 10.4. The molecule has 5 nitrogen and oxygen atoms in total. The highest BCUT2D eigenvalue weighted by Gasteiger charge is 2.22. The highest BCUT2D eigenvalue weighted by atomic mass is 35.5. The Morgan fingerprint density at radius 2 is 1.93 bits per heavy atom. The van der Waals surface area contributed by atoms with Crippen molar-refractivity contribution in [1.29, 1.82) is 0 Å². The smallest absolute Gasteiger partial charge is 0.341 e. The van der Waals surface area contributed by atoms with E-state index in [2.05, 4.69) is 5.32 Å². The van der Waals surface area contributed by atoms with Crippen LogP contribution in [0.3, 0.4) is 0 Å². The van der Waals surface area contributed by atoms with Crippen LogP contribution in [0.4, 0.5) is 5.00 Å². The van der Waals surface area contributed by atoms with Crippen molar-refractivity contribution >= 4 is 51.4 Å². The lowest BCUT2D eigenvalue weighted by Gasteiger charge is -2.11. The van der Waals surface area contributed by atoms with Crippen LogP contribution < -0.4 is 10.1 Å². The van der Waals surface area contributed by atoms with Gasteiger partial charge in [0.2, 0.25) is 5.91 Å². The zero-order chi connectivity index (χ0) is 20.8. The van der Waals surface area contributed by atoms with E-state index >= 15 is 0 Å². The van der Waals surface area contributed by atoms with Crippen LogP contribution in [0.2, 0.25) is 10.0 Å². The molecule has 0 fully saturated rings. The van der Waals surface area contributed by atoms with E-state index in [1.165, 1.54) is 11.3 Å². The van der Waals surface area contributed by atoms with Crippen molar-refractivity contribution in [2.24, 2.45) is 0 Å². The number of hydrogen-bond acceptors (Lipinski definition) is 5. The Hall–Kier alpha value is -1.76. The molecule has 0 saturated carbocycles. The number of aryl methyl sites for hydroxylation is 1. The van der Waals surface area contributed by atoms with E-state index in [0.717, 1.165) is 10.4 Å². The molecule has 0 radical (unpaired) electrons. The Balaban J connectivity index is 1.91. The summed E-state index contributed by atoms with van der Waals surface area (Å²) in [6, 6.07) is 4.98. The van der Waals surface area contributed by atoms with Gasteiger partial charge in [0, 0.05) is 16.3 Å². The van der Waals surface area contributed by atoms with Gasteiger partial charge in [0.25, 0.3) is 0 Å². The second kappa shape index (κ2) is 10.1. The first kappa shape index (κ1) is 22.5. The molecule has 0 bridgehead atoms. The first-order chi connectivity index (χ1) is 13.2. The maximum absolute atomic E-state index is 12.4. The van der Waals surface area contributed by atoms with Crippen LogP contribution in [0, 0.1) is 13.8 Å². The Bertz CT molecular complexity index is 864. The number of halogens is 2. The summed E-state index contributed by atoms with van der Waals surface area (Å²) in [4.78, 5) is 25.6. The fourth-order valence-electron chi connectivity index (χ4n) is 2.43. The molecule has 1 heterocycles. The zero-order valence-corrected chi connectivity index (χ0v) is 18.6. The molecule has 2 rings (SSSR count). The Morgan fingerprint density at radius 3 is 2.57 bits per heavy atom. The summed E-state index contributed by atoms with van der Waals surface area (Å²) in [7, 11) is 0. The molecule has 0 spiro atoms. The summed E-state index contributed by atoms with van der Waals surface area (Å²) in [5, 5.41) is 4.30. The molecule has 0 atom stereocenters. The lowest BCUT2D eigenvalue weighted by Crippen LogP contribution is -2.17. The van der Waals surface area contributed by atoms with Crippen molar-refractivity contribution in [1.82, 2.24) is 0 Å². The molecule has 0 aliphatic rings. The van der Waals surface area contributed by atoms with Gasteiger partial charge in [0.1, 0.15) is 10.8 Å². The van der Waals surface area contributed by atoms with Crippen molar-refractivity contribution in [3.8, 4) is 5.75 Å². The molecule has 0 saturated heterocycles. The number of carbonyl (C=O) groups excluding carboxylic acids is 2. The number of amides is 1. The lowest BCUT2D eigenvalue weighted by molar-refractivity contribution is -0.116. The predicted molar refractivity (Wildman–Crippen MR) is 114 cm³/mol. The van der Waals surface area contributed by atoms with Crippen molar-refractivity contribution < 1.29 is 19.1 Å². The van der Waals surface area contributed by atoms with Crippen LogP contribution in [0.25, 0.3) is 0 Å². The van der Waals surface area contributed by atoms with Gasteiger partial charge >= 0.3 is 5.97 Å². The average molecular weight is 444 g/mol. The third-order valence-corrected chi connectivity index (χ3v) is 5.54. The zero-order valence-electron chi connectivity index (χ0n) is 16.2. The minimum Gasteiger partial charge on any atom is -0.492 e. The van der Waals surface area contributed by atoms with Gasteiger partial charge in [-0.1, -0.05) is 23.2 Å². The molecule has 1 amide bonds. The van der Waals surface area contributed by atoms with Crippen LogP contribution in [-0.2, 0) is 9.53 Å². The highest BCUT2D eigenvalue weighted by Crippen LogP contribution is 2.33. The number of carbonyl (C=O) groups is 2. The number of thiophene rings is 1. The molecular formula is C20H23Cl2NO4S. The number of hydrogen-bond donors (Lipinski definition) is 1. The molecule has 28 heavy (non-hydrogen) atoms. The third-order valence-electron chi connectivity index (χ3n) is 3.88. The summed E-state index contributed by atoms with van der Waals surface area (Å²) in [5.74, 6) is -0.0896. The first-order valence-electron chi connectivity index (χ1n) is 8.87. The molecule has 0 unspecified atom stereocenters. The van der Waals surface area contributed by atoms with Gasteiger partial charge in [-0.25, -0.2) is 4.79 Å². The monoisotopic (exact) mass is 443 g/mol. The average Bonchev–Trinajstić information content (AvgIpc) is 2.86. The molecule has 0 aliphatic carbocycles. The van der Waals surface area contributed by atoms with Crippen LogP contribution >= 0.6 is 34.5 Å². The number of ether oxygens (including phenoxy) is 2. The standard InChI is InChI=1S/C20H23Cl2NO4S/c1-11(2)27-20(25)18-12(3)13(4)28-19(18)23-17(24)6-5-9-26-16-8-7-14(21)10-15(16)22/h7-8,10-11H,5-6,9H2,1-4H3,(H,23,24). The number of nitrogens with one attached hydrogen (secondary N) is 1. The minimum absolute atomic E-state index is 0.189. The fourth-order valence-corrected chi connectivity index (χ4v) is 3.96. The summed E-state index contributed by atoms with van der Waals surface area (Å²) >= 11 is 13.3. The lowest BCUT2D eigenvalue weighted by atomic mass is 10.1. The molecule has 1 aromatic heterocycles. The van der Waals surface area contributed by atoms with Gasteiger partial charge in [0.15, 0.2) is 0 Å². The maximum Gasteiger partial charge on any atom is 0.341 e. The van der Waals surface area contributed by atoms with Gasteiger partial charge < -0.3 is 14.8 Å². The summed E-state index contributed by atoms with van der Waals surface area (Å²) in [6.07, 6.45) is 0.521. The number of benzene rings is 1. The molecule has 0 aliphatic heterocycles. The topological polar surface area (TPSA) is 64.6 Å². The number of esters is 1. The minimum atomic E-state index is -0.423. The van der Waals surface area contributed by atoms with Crippen molar-refractivity contribution in [2.75, 3.05) is 11.9 Å². The summed E-state index contributed by atoms with van der Waals surface area (Å²) < 4.78 is 10.9. The molecule has 1 aromatic carbocycles. The third kappa shape index (κ3) is 6.12. The van der Waals surface area contributed by atoms with E-state index in [9.17, 15) is 9.59 Å². The van der Waals surface area contributed by atoms with Crippen LogP contribution in [0.15, 0.2) is 18.2 Å². The number of anilines is 1. The van der Waals surface area contributed by atoms with Crippen molar-refractivity contribution in [3.05, 3.63) is 44.2 Å². The van der Waals surface area contributed by atoms with E-state index in [0.29, 0.717) is 39.4 Å². The van der Waals surface area contributed by atoms with Crippen molar-refractivity contribution in [3.63, 3.8) is 0 Å². The second-order valence-corrected chi connectivity index (χ2v) is 8.58. The normalized spacial score (nSPS) is 10.8. The molecular weight excluding hydrogens is 421 g/mol.